The largest absolute Gasteiger partial charge is 0.300 e. The number of ketones is 3. The first kappa shape index (κ1) is 10.6. The van der Waals surface area contributed by atoms with Crippen molar-refractivity contribution in [1.29, 1.82) is 0 Å². The molecular weight excluding hydrogens is 216 g/mol. The fourth-order valence-corrected chi connectivity index (χ4v) is 3.25. The summed E-state index contributed by atoms with van der Waals surface area (Å²) in [6, 6.07) is 0. The molecule has 3 aliphatic carbocycles. The molecule has 0 aromatic carbocycles. The van der Waals surface area contributed by atoms with Gasteiger partial charge in [-0.1, -0.05) is 18.2 Å². The normalized spacial score (nSPS) is 36.4. The van der Waals surface area contributed by atoms with Gasteiger partial charge in [0.2, 0.25) is 0 Å². The minimum Gasteiger partial charge on any atom is -0.300 e. The Morgan fingerprint density at radius 2 is 1.94 bits per heavy atom. The molecule has 3 heteroatoms. The SMILES string of the molecule is O=C1CCC2C(=O)C3=CC=CCC3C(=O)C2C1. The first-order valence-corrected chi connectivity index (χ1v) is 6.15. The van der Waals surface area contributed by atoms with E-state index in [1.165, 1.54) is 0 Å². The number of Topliss-reactive ketones (excluding diaryl/α,β-unsaturated/α-hetero) is 3. The van der Waals surface area contributed by atoms with E-state index in [1.807, 2.05) is 12.2 Å². The molecule has 17 heavy (non-hydrogen) atoms. The molecule has 0 aliphatic heterocycles. The van der Waals surface area contributed by atoms with E-state index in [1.54, 1.807) is 6.08 Å². The highest BCUT2D eigenvalue weighted by molar-refractivity contribution is 6.11. The summed E-state index contributed by atoms with van der Waals surface area (Å²) < 4.78 is 0. The zero-order valence-corrected chi connectivity index (χ0v) is 9.52. The van der Waals surface area contributed by atoms with Crippen molar-refractivity contribution in [2.75, 3.05) is 0 Å². The predicted molar refractivity (Wildman–Crippen MR) is 61.2 cm³/mol. The van der Waals surface area contributed by atoms with Crippen LogP contribution < -0.4 is 0 Å². The number of hydrogen-bond acceptors (Lipinski definition) is 3. The molecule has 3 unspecified atom stereocenters. The van der Waals surface area contributed by atoms with E-state index in [-0.39, 0.29) is 41.5 Å². The summed E-state index contributed by atoms with van der Waals surface area (Å²) in [5, 5.41) is 0. The van der Waals surface area contributed by atoms with Gasteiger partial charge in [-0.05, 0) is 12.8 Å². The lowest BCUT2D eigenvalue weighted by Gasteiger charge is -2.38. The molecule has 0 amide bonds. The molecule has 3 nitrogen and oxygen atoms in total. The minimum absolute atomic E-state index is 0.108. The predicted octanol–water partition coefficient (Wildman–Crippen LogP) is 1.63. The molecule has 0 aromatic rings. The van der Waals surface area contributed by atoms with Crippen LogP contribution in [-0.2, 0) is 14.4 Å². The lowest BCUT2D eigenvalue weighted by Crippen LogP contribution is -2.46. The van der Waals surface area contributed by atoms with Crippen LogP contribution in [0.25, 0.3) is 0 Å². The van der Waals surface area contributed by atoms with Crippen LogP contribution in [0.5, 0.6) is 0 Å². The second kappa shape index (κ2) is 3.76. The molecule has 0 aromatic heterocycles. The van der Waals surface area contributed by atoms with Crippen molar-refractivity contribution in [3.8, 4) is 0 Å². The Labute approximate surface area is 99.6 Å². The van der Waals surface area contributed by atoms with Crippen LogP contribution in [0.4, 0.5) is 0 Å². The summed E-state index contributed by atoms with van der Waals surface area (Å²) >= 11 is 0. The lowest BCUT2D eigenvalue weighted by atomic mass is 9.62. The Morgan fingerprint density at radius 3 is 2.76 bits per heavy atom. The number of fused-ring (bicyclic) bond motifs is 2. The zero-order chi connectivity index (χ0) is 12.0. The first-order chi connectivity index (χ1) is 8.18. The molecule has 0 N–H and O–H groups in total. The van der Waals surface area contributed by atoms with E-state index in [4.69, 9.17) is 0 Å². The van der Waals surface area contributed by atoms with Crippen molar-refractivity contribution < 1.29 is 14.4 Å². The molecule has 0 bridgehead atoms. The van der Waals surface area contributed by atoms with Gasteiger partial charge < -0.3 is 0 Å². The van der Waals surface area contributed by atoms with Crippen molar-refractivity contribution >= 4 is 17.3 Å². The van der Waals surface area contributed by atoms with Crippen molar-refractivity contribution in [3.63, 3.8) is 0 Å². The van der Waals surface area contributed by atoms with Crippen LogP contribution in [0, 0.1) is 17.8 Å². The Morgan fingerprint density at radius 1 is 1.12 bits per heavy atom. The molecule has 0 saturated heterocycles. The minimum atomic E-state index is -0.336. The third kappa shape index (κ3) is 1.53. The molecule has 0 radical (unpaired) electrons. The summed E-state index contributed by atoms with van der Waals surface area (Å²) in [5.41, 5.74) is 0.674. The lowest BCUT2D eigenvalue weighted by molar-refractivity contribution is -0.142. The summed E-state index contributed by atoms with van der Waals surface area (Å²) in [5.74, 6) is -0.493. The maximum absolute atomic E-state index is 12.3. The number of hydrogen-bond donors (Lipinski definition) is 0. The first-order valence-electron chi connectivity index (χ1n) is 6.15. The monoisotopic (exact) mass is 230 g/mol. The van der Waals surface area contributed by atoms with Gasteiger partial charge in [0, 0.05) is 36.2 Å². The summed E-state index contributed by atoms with van der Waals surface area (Å²) in [7, 11) is 0. The van der Waals surface area contributed by atoms with E-state index in [0.29, 0.717) is 24.8 Å². The smallest absolute Gasteiger partial charge is 0.163 e. The quantitative estimate of drug-likeness (QED) is 0.635. The molecule has 3 rings (SSSR count). The fourth-order valence-electron chi connectivity index (χ4n) is 3.25. The van der Waals surface area contributed by atoms with E-state index in [9.17, 15) is 14.4 Å². The molecule has 3 atom stereocenters. The fraction of sp³-hybridized carbons (Fsp3) is 0.500. The van der Waals surface area contributed by atoms with Crippen molar-refractivity contribution in [2.24, 2.45) is 17.8 Å². The highest BCUT2D eigenvalue weighted by Gasteiger charge is 2.48. The van der Waals surface area contributed by atoms with E-state index >= 15 is 0 Å². The van der Waals surface area contributed by atoms with Crippen LogP contribution in [0.2, 0.25) is 0 Å². The standard InChI is InChI=1S/C14H14O3/c15-8-5-6-11-12(7-8)14(17)10-4-2-1-3-9(10)13(11)16/h1-3,10-12H,4-7H2. The van der Waals surface area contributed by atoms with Crippen LogP contribution in [0.15, 0.2) is 23.8 Å². The molecule has 2 saturated carbocycles. The highest BCUT2D eigenvalue weighted by atomic mass is 16.1. The molecule has 2 fully saturated rings. The number of carbonyl (C=O) groups is 3. The van der Waals surface area contributed by atoms with Crippen LogP contribution in [0.3, 0.4) is 0 Å². The molecule has 3 aliphatic rings. The average Bonchev–Trinajstić information content (AvgIpc) is 2.36. The number of rotatable bonds is 0. The van der Waals surface area contributed by atoms with E-state index in [2.05, 4.69) is 0 Å². The van der Waals surface area contributed by atoms with Gasteiger partial charge in [-0.2, -0.15) is 0 Å². The van der Waals surface area contributed by atoms with Gasteiger partial charge in [-0.3, -0.25) is 14.4 Å². The van der Waals surface area contributed by atoms with Gasteiger partial charge in [0.15, 0.2) is 5.78 Å². The third-order valence-corrected chi connectivity index (χ3v) is 4.16. The molecule has 0 spiro atoms. The van der Waals surface area contributed by atoms with Crippen molar-refractivity contribution in [2.45, 2.75) is 25.7 Å². The molecular formula is C14H14O3. The van der Waals surface area contributed by atoms with Gasteiger partial charge in [0.05, 0.1) is 0 Å². The Kier molecular flexibility index (Phi) is 2.35. The Balaban J connectivity index is 1.99. The molecule has 88 valence electrons. The van der Waals surface area contributed by atoms with Crippen molar-refractivity contribution in [1.82, 2.24) is 0 Å². The Hall–Kier alpha value is -1.51. The van der Waals surface area contributed by atoms with Crippen LogP contribution in [-0.4, -0.2) is 17.3 Å². The van der Waals surface area contributed by atoms with Crippen molar-refractivity contribution in [3.05, 3.63) is 23.8 Å². The zero-order valence-electron chi connectivity index (χ0n) is 9.52. The summed E-state index contributed by atoms with van der Waals surface area (Å²) in [6.07, 6.45) is 7.46. The van der Waals surface area contributed by atoms with Gasteiger partial charge >= 0.3 is 0 Å². The highest BCUT2D eigenvalue weighted by Crippen LogP contribution is 2.42. The third-order valence-electron chi connectivity index (χ3n) is 4.16. The van der Waals surface area contributed by atoms with Gasteiger partial charge in [0.25, 0.3) is 0 Å². The van der Waals surface area contributed by atoms with Gasteiger partial charge in [-0.25, -0.2) is 0 Å². The maximum Gasteiger partial charge on any atom is 0.163 e. The number of carbonyl (C=O) groups excluding carboxylic acids is 3. The average molecular weight is 230 g/mol. The van der Waals surface area contributed by atoms with Gasteiger partial charge in [-0.15, -0.1) is 0 Å². The maximum atomic E-state index is 12.3. The van der Waals surface area contributed by atoms with E-state index in [0.717, 1.165) is 0 Å². The topological polar surface area (TPSA) is 51.2 Å². The Bertz CT molecular complexity index is 470. The molecule has 0 heterocycles. The van der Waals surface area contributed by atoms with Crippen LogP contribution >= 0.6 is 0 Å². The van der Waals surface area contributed by atoms with E-state index < -0.39 is 0 Å². The number of allylic oxidation sites excluding steroid dienone is 4. The summed E-state index contributed by atoms with van der Waals surface area (Å²) in [6.45, 7) is 0. The van der Waals surface area contributed by atoms with Crippen LogP contribution in [0.1, 0.15) is 25.7 Å². The van der Waals surface area contributed by atoms with Gasteiger partial charge in [0.1, 0.15) is 11.6 Å². The second-order valence-corrected chi connectivity index (χ2v) is 5.10. The second-order valence-electron chi connectivity index (χ2n) is 5.10. The summed E-state index contributed by atoms with van der Waals surface area (Å²) in [4.78, 5) is 36.0.